The molecule has 0 aliphatic carbocycles. The van der Waals surface area contributed by atoms with E-state index in [4.69, 9.17) is 5.11 Å². The standard InChI is InChI=1S/C12H15Br2NO2/c1-2-3-4-5-15-11-9(12(16)17)6-8(13)7-10(11)14/h6-7,15H,2-5H2,1H3,(H,16,17). The molecule has 0 aliphatic rings. The van der Waals surface area contributed by atoms with Crippen LogP contribution in [0.1, 0.15) is 36.5 Å². The number of rotatable bonds is 6. The summed E-state index contributed by atoms with van der Waals surface area (Å²) in [6, 6.07) is 3.45. The summed E-state index contributed by atoms with van der Waals surface area (Å²) in [6.45, 7) is 2.92. The number of halogens is 2. The van der Waals surface area contributed by atoms with E-state index in [1.165, 1.54) is 0 Å². The SMILES string of the molecule is CCCCCNc1c(Br)cc(Br)cc1C(=O)O. The molecule has 0 aliphatic heterocycles. The molecule has 0 amide bonds. The van der Waals surface area contributed by atoms with Gasteiger partial charge in [-0.1, -0.05) is 35.7 Å². The average molecular weight is 365 g/mol. The van der Waals surface area contributed by atoms with E-state index in [-0.39, 0.29) is 5.56 Å². The third kappa shape index (κ3) is 4.32. The van der Waals surface area contributed by atoms with Crippen LogP contribution in [0, 0.1) is 0 Å². The molecule has 0 bridgehead atoms. The van der Waals surface area contributed by atoms with Gasteiger partial charge < -0.3 is 10.4 Å². The first kappa shape index (κ1) is 14.5. The maximum atomic E-state index is 11.1. The number of anilines is 1. The number of unbranched alkanes of at least 4 members (excludes halogenated alkanes) is 2. The lowest BCUT2D eigenvalue weighted by atomic mass is 10.1. The van der Waals surface area contributed by atoms with Crippen molar-refractivity contribution in [1.82, 2.24) is 0 Å². The van der Waals surface area contributed by atoms with Crippen LogP contribution in [0.3, 0.4) is 0 Å². The molecule has 0 atom stereocenters. The molecule has 0 heterocycles. The number of hydrogen-bond donors (Lipinski definition) is 2. The van der Waals surface area contributed by atoms with Crippen molar-refractivity contribution in [2.24, 2.45) is 0 Å². The molecule has 0 spiro atoms. The van der Waals surface area contributed by atoms with Gasteiger partial charge in [-0.3, -0.25) is 0 Å². The highest BCUT2D eigenvalue weighted by Gasteiger charge is 2.14. The Kier molecular flexibility index (Phi) is 5.98. The van der Waals surface area contributed by atoms with E-state index in [0.717, 1.165) is 34.8 Å². The third-order valence-electron chi connectivity index (χ3n) is 2.37. The molecule has 0 radical (unpaired) electrons. The molecule has 0 saturated heterocycles. The van der Waals surface area contributed by atoms with Crippen molar-refractivity contribution < 1.29 is 9.90 Å². The van der Waals surface area contributed by atoms with Gasteiger partial charge in [0.15, 0.2) is 0 Å². The van der Waals surface area contributed by atoms with Crippen molar-refractivity contribution in [3.8, 4) is 0 Å². The highest BCUT2D eigenvalue weighted by Crippen LogP contribution is 2.30. The van der Waals surface area contributed by atoms with E-state index in [0.29, 0.717) is 5.69 Å². The summed E-state index contributed by atoms with van der Waals surface area (Å²) in [5, 5.41) is 12.3. The summed E-state index contributed by atoms with van der Waals surface area (Å²) in [6.07, 6.45) is 3.33. The minimum Gasteiger partial charge on any atom is -0.478 e. The minimum atomic E-state index is -0.926. The number of nitrogens with one attached hydrogen (secondary N) is 1. The zero-order valence-corrected chi connectivity index (χ0v) is 12.8. The van der Waals surface area contributed by atoms with Crippen molar-refractivity contribution in [3.63, 3.8) is 0 Å². The van der Waals surface area contributed by atoms with Crippen LogP contribution >= 0.6 is 31.9 Å². The second kappa shape index (κ2) is 7.01. The lowest BCUT2D eigenvalue weighted by molar-refractivity contribution is 0.0698. The molecule has 0 saturated carbocycles. The fourth-order valence-corrected chi connectivity index (χ4v) is 2.88. The monoisotopic (exact) mass is 363 g/mol. The first-order chi connectivity index (χ1) is 8.06. The van der Waals surface area contributed by atoms with Crippen molar-refractivity contribution >= 4 is 43.5 Å². The number of benzene rings is 1. The van der Waals surface area contributed by atoms with Crippen LogP contribution in [0.2, 0.25) is 0 Å². The highest BCUT2D eigenvalue weighted by molar-refractivity contribution is 9.11. The molecule has 5 heteroatoms. The zero-order chi connectivity index (χ0) is 12.8. The normalized spacial score (nSPS) is 10.3. The Bertz CT molecular complexity index is 408. The van der Waals surface area contributed by atoms with Gasteiger partial charge in [-0.05, 0) is 34.5 Å². The van der Waals surface area contributed by atoms with E-state index < -0.39 is 5.97 Å². The number of carboxylic acids is 1. The molecule has 1 aromatic carbocycles. The van der Waals surface area contributed by atoms with E-state index in [1.807, 2.05) is 6.07 Å². The highest BCUT2D eigenvalue weighted by atomic mass is 79.9. The van der Waals surface area contributed by atoms with Crippen LogP contribution in [-0.4, -0.2) is 17.6 Å². The topological polar surface area (TPSA) is 49.3 Å². The van der Waals surface area contributed by atoms with E-state index in [2.05, 4.69) is 44.1 Å². The van der Waals surface area contributed by atoms with Gasteiger partial charge in [0.25, 0.3) is 0 Å². The van der Waals surface area contributed by atoms with Crippen molar-refractivity contribution in [2.45, 2.75) is 26.2 Å². The molecular weight excluding hydrogens is 350 g/mol. The van der Waals surface area contributed by atoms with Crippen LogP contribution in [-0.2, 0) is 0 Å². The predicted molar refractivity (Wildman–Crippen MR) is 76.8 cm³/mol. The van der Waals surface area contributed by atoms with E-state index in [9.17, 15) is 4.79 Å². The molecular formula is C12H15Br2NO2. The molecule has 1 aromatic rings. The smallest absolute Gasteiger partial charge is 0.337 e. The van der Waals surface area contributed by atoms with Crippen LogP contribution in [0.5, 0.6) is 0 Å². The quantitative estimate of drug-likeness (QED) is 0.730. The molecule has 0 unspecified atom stereocenters. The van der Waals surface area contributed by atoms with Crippen molar-refractivity contribution in [1.29, 1.82) is 0 Å². The summed E-state index contributed by atoms with van der Waals surface area (Å²) in [5.41, 5.74) is 0.930. The molecule has 0 fully saturated rings. The average Bonchev–Trinajstić information content (AvgIpc) is 2.25. The lowest BCUT2D eigenvalue weighted by Gasteiger charge is -2.12. The minimum absolute atomic E-state index is 0.280. The first-order valence-corrected chi connectivity index (χ1v) is 7.11. The second-order valence-electron chi connectivity index (χ2n) is 3.75. The van der Waals surface area contributed by atoms with Crippen molar-refractivity contribution in [2.75, 3.05) is 11.9 Å². The third-order valence-corrected chi connectivity index (χ3v) is 3.45. The lowest BCUT2D eigenvalue weighted by Crippen LogP contribution is -2.08. The van der Waals surface area contributed by atoms with Gasteiger partial charge in [0.1, 0.15) is 0 Å². The first-order valence-electron chi connectivity index (χ1n) is 5.52. The van der Waals surface area contributed by atoms with Gasteiger partial charge in [0.05, 0.1) is 11.3 Å². The summed E-state index contributed by atoms with van der Waals surface area (Å²) < 4.78 is 1.52. The molecule has 17 heavy (non-hydrogen) atoms. The van der Waals surface area contributed by atoms with Crippen LogP contribution in [0.4, 0.5) is 5.69 Å². The summed E-state index contributed by atoms with van der Waals surface area (Å²) >= 11 is 6.67. The molecule has 94 valence electrons. The predicted octanol–water partition coefficient (Wildman–Crippen LogP) is 4.51. The molecule has 2 N–H and O–H groups in total. The number of aromatic carboxylic acids is 1. The summed E-state index contributed by atoms with van der Waals surface area (Å²) in [4.78, 5) is 11.1. The van der Waals surface area contributed by atoms with Gasteiger partial charge in [-0.2, -0.15) is 0 Å². The Morgan fingerprint density at radius 3 is 2.65 bits per heavy atom. The Morgan fingerprint density at radius 2 is 2.06 bits per heavy atom. The molecule has 0 aromatic heterocycles. The number of hydrogen-bond acceptors (Lipinski definition) is 2. The van der Waals surface area contributed by atoms with Gasteiger partial charge in [0, 0.05) is 15.5 Å². The van der Waals surface area contributed by atoms with Crippen LogP contribution in [0.15, 0.2) is 21.1 Å². The van der Waals surface area contributed by atoms with Crippen molar-refractivity contribution in [3.05, 3.63) is 26.6 Å². The van der Waals surface area contributed by atoms with Crippen LogP contribution < -0.4 is 5.32 Å². The fraction of sp³-hybridized carbons (Fsp3) is 0.417. The number of carboxylic acid groups (broad SMARTS) is 1. The largest absolute Gasteiger partial charge is 0.478 e. The number of carbonyl (C=O) groups is 1. The molecule has 3 nitrogen and oxygen atoms in total. The second-order valence-corrected chi connectivity index (χ2v) is 5.52. The molecule has 1 rings (SSSR count). The van der Waals surface area contributed by atoms with E-state index in [1.54, 1.807) is 6.07 Å². The fourth-order valence-electron chi connectivity index (χ4n) is 1.51. The van der Waals surface area contributed by atoms with Crippen LogP contribution in [0.25, 0.3) is 0 Å². The van der Waals surface area contributed by atoms with Gasteiger partial charge in [-0.25, -0.2) is 4.79 Å². The Balaban J connectivity index is 2.85. The summed E-state index contributed by atoms with van der Waals surface area (Å²) in [5.74, 6) is -0.926. The van der Waals surface area contributed by atoms with Gasteiger partial charge >= 0.3 is 5.97 Å². The maximum Gasteiger partial charge on any atom is 0.337 e. The van der Waals surface area contributed by atoms with Gasteiger partial charge in [-0.15, -0.1) is 0 Å². The zero-order valence-electron chi connectivity index (χ0n) is 9.59. The Morgan fingerprint density at radius 1 is 1.35 bits per heavy atom. The van der Waals surface area contributed by atoms with Gasteiger partial charge in [0.2, 0.25) is 0 Å². The summed E-state index contributed by atoms with van der Waals surface area (Å²) in [7, 11) is 0. The Hall–Kier alpha value is -0.550. The maximum absolute atomic E-state index is 11.1. The van der Waals surface area contributed by atoms with E-state index >= 15 is 0 Å². The Labute approximate surface area is 118 Å².